The van der Waals surface area contributed by atoms with Crippen LogP contribution in [0.2, 0.25) is 0 Å². The summed E-state index contributed by atoms with van der Waals surface area (Å²) in [5.74, 6) is -1.07. The monoisotopic (exact) mass is 530 g/mol. The lowest BCUT2D eigenvalue weighted by Crippen LogP contribution is -2.61. The number of thiocarbonyl (C=S) groups is 1. The molecule has 7 heteroatoms. The van der Waals surface area contributed by atoms with Crippen molar-refractivity contribution < 1.29 is 14.4 Å². The fourth-order valence-electron chi connectivity index (χ4n) is 3.73. The molecule has 0 saturated carbocycles. The van der Waals surface area contributed by atoms with Gasteiger partial charge in [-0.15, -0.1) is 12.6 Å². The highest BCUT2D eigenvalue weighted by Crippen LogP contribution is 2.20. The molecule has 0 aromatic carbocycles. The Kier molecular flexibility index (Phi) is 24.5. The molecule has 0 radical (unpaired) electrons. The summed E-state index contributed by atoms with van der Waals surface area (Å²) >= 11 is 8.46. The molecule has 0 rings (SSSR count). The third-order valence-electron chi connectivity index (χ3n) is 6.22. The molecule has 0 aromatic heterocycles. The van der Waals surface area contributed by atoms with E-state index in [0.717, 1.165) is 77.0 Å². The van der Waals surface area contributed by atoms with Gasteiger partial charge in [-0.1, -0.05) is 110 Å². The van der Waals surface area contributed by atoms with Crippen molar-refractivity contribution in [2.75, 3.05) is 14.1 Å². The second-order valence-electron chi connectivity index (χ2n) is 9.75. The maximum absolute atomic E-state index is 12.9. The lowest BCUT2D eigenvalue weighted by Gasteiger charge is -2.25. The first-order chi connectivity index (χ1) is 16.6. The Morgan fingerprint density at radius 2 is 0.857 bits per heavy atom. The summed E-state index contributed by atoms with van der Waals surface area (Å²) in [5.41, 5.74) is 4.40. The minimum absolute atomic E-state index is 0.239. The van der Waals surface area contributed by atoms with Crippen LogP contribution in [0.4, 0.5) is 0 Å². The SMILES string of the molecule is CCCCCCCC(=O)C(N)(C(=O)CCCCCCC)C(=O)CCCCCCC.CN(C)C(=S)S. The number of rotatable bonds is 21. The Labute approximate surface area is 227 Å². The molecule has 0 unspecified atom stereocenters. The van der Waals surface area contributed by atoms with E-state index in [2.05, 4.69) is 45.6 Å². The minimum atomic E-state index is -1.90. The number of carbonyl (C=O) groups is 3. The van der Waals surface area contributed by atoms with Crippen molar-refractivity contribution in [3.05, 3.63) is 0 Å². The van der Waals surface area contributed by atoms with E-state index in [0.29, 0.717) is 23.6 Å². The van der Waals surface area contributed by atoms with Crippen LogP contribution < -0.4 is 5.73 Å². The molecule has 0 fully saturated rings. The van der Waals surface area contributed by atoms with Gasteiger partial charge in [-0.25, -0.2) is 0 Å². The molecule has 0 atom stereocenters. The molecular weight excluding hydrogens is 476 g/mol. The van der Waals surface area contributed by atoms with Crippen LogP contribution in [0.25, 0.3) is 0 Å². The topological polar surface area (TPSA) is 80.5 Å². The van der Waals surface area contributed by atoms with Crippen molar-refractivity contribution in [2.24, 2.45) is 5.73 Å². The van der Waals surface area contributed by atoms with Crippen molar-refractivity contribution in [1.82, 2.24) is 4.90 Å². The molecule has 0 saturated heterocycles. The first kappa shape index (κ1) is 36.4. The summed E-state index contributed by atoms with van der Waals surface area (Å²) in [4.78, 5) is 40.4. The van der Waals surface area contributed by atoms with Crippen molar-refractivity contribution in [3.63, 3.8) is 0 Å². The highest BCUT2D eigenvalue weighted by Gasteiger charge is 2.46. The van der Waals surface area contributed by atoms with E-state index in [-0.39, 0.29) is 36.6 Å². The molecule has 2 N–H and O–H groups in total. The van der Waals surface area contributed by atoms with E-state index in [4.69, 9.17) is 5.73 Å². The van der Waals surface area contributed by atoms with E-state index >= 15 is 0 Å². The fourth-order valence-corrected chi connectivity index (χ4v) is 3.73. The second-order valence-corrected chi connectivity index (χ2v) is 10.9. The van der Waals surface area contributed by atoms with Gasteiger partial charge in [-0.05, 0) is 19.3 Å². The van der Waals surface area contributed by atoms with E-state index in [9.17, 15) is 14.4 Å². The predicted molar refractivity (Wildman–Crippen MR) is 157 cm³/mol. The molecule has 0 spiro atoms. The van der Waals surface area contributed by atoms with Gasteiger partial charge in [0.15, 0.2) is 22.9 Å². The number of thiol groups is 1. The average molecular weight is 531 g/mol. The van der Waals surface area contributed by atoms with Crippen LogP contribution in [0, 0.1) is 0 Å². The van der Waals surface area contributed by atoms with Crippen LogP contribution >= 0.6 is 24.8 Å². The largest absolute Gasteiger partial charge is 0.364 e. The first-order valence-electron chi connectivity index (χ1n) is 13.9. The second kappa shape index (κ2) is 23.6. The lowest BCUT2D eigenvalue weighted by atomic mass is 9.79. The third-order valence-corrected chi connectivity index (χ3v) is 6.99. The van der Waals surface area contributed by atoms with Gasteiger partial charge in [-0.3, -0.25) is 14.4 Å². The number of unbranched alkanes of at least 4 members (excludes halogenated alkanes) is 12. The van der Waals surface area contributed by atoms with Gasteiger partial charge in [0.25, 0.3) is 0 Å². The summed E-state index contributed by atoms with van der Waals surface area (Å²) in [7, 11) is 3.71. The summed E-state index contributed by atoms with van der Waals surface area (Å²) in [5, 5.41) is 0. The average Bonchev–Trinajstić information content (AvgIpc) is 2.82. The molecule has 0 aromatic rings. The molecule has 0 aliphatic rings. The van der Waals surface area contributed by atoms with Gasteiger partial charge < -0.3 is 10.6 Å². The maximum Gasteiger partial charge on any atom is 0.193 e. The van der Waals surface area contributed by atoms with Gasteiger partial charge in [0.05, 0.1) is 0 Å². The molecule has 35 heavy (non-hydrogen) atoms. The molecule has 206 valence electrons. The van der Waals surface area contributed by atoms with Gasteiger partial charge in [-0.2, -0.15) is 0 Å². The van der Waals surface area contributed by atoms with Crippen LogP contribution in [-0.2, 0) is 14.4 Å². The predicted octanol–water partition coefficient (Wildman–Crippen LogP) is 7.24. The molecule has 0 aliphatic carbocycles. The van der Waals surface area contributed by atoms with Gasteiger partial charge in [0.2, 0.25) is 0 Å². The van der Waals surface area contributed by atoms with Crippen LogP contribution in [-0.4, -0.2) is 46.2 Å². The normalized spacial score (nSPS) is 10.9. The molecule has 5 nitrogen and oxygen atoms in total. The number of carbonyl (C=O) groups excluding carboxylic acids is 3. The summed E-state index contributed by atoms with van der Waals surface area (Å²) < 4.78 is 0.620. The van der Waals surface area contributed by atoms with E-state index in [1.807, 2.05) is 14.1 Å². The minimum Gasteiger partial charge on any atom is -0.364 e. The van der Waals surface area contributed by atoms with Crippen LogP contribution in [0.15, 0.2) is 0 Å². The highest BCUT2D eigenvalue weighted by atomic mass is 32.1. The standard InChI is InChI=1S/C25H47NO3.C3H7NS2/c1-4-7-10-13-16-19-22(27)25(26,23(28)20-17-14-11-8-5-2)24(29)21-18-15-12-9-6-3;1-4(2)3(5)6/h4-21,26H2,1-3H3;1-2H3,(H,5,6). The highest BCUT2D eigenvalue weighted by molar-refractivity contribution is 8.10. The third kappa shape index (κ3) is 18.2. The van der Waals surface area contributed by atoms with Gasteiger partial charge >= 0.3 is 0 Å². The van der Waals surface area contributed by atoms with Crippen LogP contribution in [0.3, 0.4) is 0 Å². The number of hydrogen-bond acceptors (Lipinski definition) is 5. The summed E-state index contributed by atoms with van der Waals surface area (Å²) in [6.45, 7) is 6.44. The Morgan fingerprint density at radius 1 is 0.629 bits per heavy atom. The van der Waals surface area contributed by atoms with E-state index < -0.39 is 5.54 Å². The zero-order chi connectivity index (χ0) is 27.1. The fraction of sp³-hybridized carbons (Fsp3) is 0.857. The lowest BCUT2D eigenvalue weighted by molar-refractivity contribution is -0.142. The zero-order valence-electron chi connectivity index (χ0n) is 23.3. The Balaban J connectivity index is 0. The first-order valence-corrected chi connectivity index (χ1v) is 14.7. The summed E-state index contributed by atoms with van der Waals surface area (Å²) in [6.07, 6.45) is 15.8. The van der Waals surface area contributed by atoms with Crippen LogP contribution in [0.1, 0.15) is 136 Å². The van der Waals surface area contributed by atoms with E-state index in [1.165, 1.54) is 0 Å². The molecule has 0 bridgehead atoms. The van der Waals surface area contributed by atoms with Crippen molar-refractivity contribution in [1.29, 1.82) is 0 Å². The molecule has 0 aliphatic heterocycles. The van der Waals surface area contributed by atoms with Gasteiger partial charge in [0.1, 0.15) is 4.32 Å². The number of Topliss-reactive ketones (excluding diaryl/α,β-unsaturated/α-hetero) is 3. The molecule has 0 amide bonds. The zero-order valence-corrected chi connectivity index (χ0v) is 25.0. The summed E-state index contributed by atoms with van der Waals surface area (Å²) in [6, 6.07) is 0. The number of nitrogens with two attached hydrogens (primary N) is 1. The smallest absolute Gasteiger partial charge is 0.193 e. The van der Waals surface area contributed by atoms with Crippen molar-refractivity contribution in [2.45, 2.75) is 142 Å². The number of hydrogen-bond donors (Lipinski definition) is 2. The van der Waals surface area contributed by atoms with E-state index in [1.54, 1.807) is 4.90 Å². The quantitative estimate of drug-likeness (QED) is 0.0705. The Morgan fingerprint density at radius 3 is 1.06 bits per heavy atom. The van der Waals surface area contributed by atoms with Crippen molar-refractivity contribution >= 4 is 46.5 Å². The molecule has 0 heterocycles. The Hall–Kier alpha value is -0.790. The maximum atomic E-state index is 12.9. The number of nitrogens with zero attached hydrogens (tertiary/aromatic N) is 1. The van der Waals surface area contributed by atoms with Crippen molar-refractivity contribution in [3.8, 4) is 0 Å². The van der Waals surface area contributed by atoms with Crippen LogP contribution in [0.5, 0.6) is 0 Å². The molecular formula is C28H54N2O3S2. The number of ketones is 3. The Bertz CT molecular complexity index is 530. The van der Waals surface area contributed by atoms with Gasteiger partial charge in [0, 0.05) is 33.4 Å².